The summed E-state index contributed by atoms with van der Waals surface area (Å²) in [5.74, 6) is 0. The van der Waals surface area contributed by atoms with Crippen LogP contribution < -0.4 is 9.80 Å². The van der Waals surface area contributed by atoms with Gasteiger partial charge < -0.3 is 9.80 Å². The van der Waals surface area contributed by atoms with E-state index in [1.54, 1.807) is 0 Å². The van der Waals surface area contributed by atoms with Crippen molar-refractivity contribution < 1.29 is 0 Å². The van der Waals surface area contributed by atoms with Crippen molar-refractivity contribution in [3.05, 3.63) is 245 Å². The highest BCUT2D eigenvalue weighted by molar-refractivity contribution is 6.16. The van der Waals surface area contributed by atoms with E-state index in [1.807, 2.05) is 60.7 Å². The first-order valence-electron chi connectivity index (χ1n) is 19.8. The van der Waals surface area contributed by atoms with Gasteiger partial charge in [0.15, 0.2) is 0 Å². The molecule has 0 saturated heterocycles. The Morgan fingerprint density at radius 1 is 0.367 bits per heavy atom. The third kappa shape index (κ3) is 7.65. The molecule has 0 bridgehead atoms. The molecule has 0 N–H and O–H groups in total. The molecular formula is C56H38N4. The monoisotopic (exact) mass is 766 g/mol. The number of rotatable bonds is 10. The van der Waals surface area contributed by atoms with Crippen LogP contribution in [0, 0.1) is 17.9 Å². The van der Waals surface area contributed by atoms with Gasteiger partial charge in [0, 0.05) is 34.1 Å². The van der Waals surface area contributed by atoms with Crippen LogP contribution in [0.1, 0.15) is 27.8 Å². The summed E-state index contributed by atoms with van der Waals surface area (Å²) in [7, 11) is 0. The fourth-order valence-corrected chi connectivity index (χ4v) is 7.75. The Kier molecular flexibility index (Phi) is 10.5. The quantitative estimate of drug-likeness (QED) is 0.0790. The summed E-state index contributed by atoms with van der Waals surface area (Å²) in [5.41, 5.74) is 11.6. The number of nitrogens with zero attached hydrogens (tertiary/aromatic N) is 4. The molecule has 0 unspecified atom stereocenters. The Labute approximate surface area is 350 Å². The summed E-state index contributed by atoms with van der Waals surface area (Å²) < 4.78 is 0. The van der Waals surface area contributed by atoms with Gasteiger partial charge in [-0.1, -0.05) is 152 Å². The lowest BCUT2D eigenvalue weighted by molar-refractivity contribution is 1.28. The van der Waals surface area contributed by atoms with Gasteiger partial charge in [-0.15, -0.1) is 0 Å². The Bertz CT molecular complexity index is 2780. The van der Waals surface area contributed by atoms with Crippen molar-refractivity contribution >= 4 is 85.7 Å². The normalized spacial score (nSPS) is 11.2. The smallest absolute Gasteiger partial charge is 0.202 e. The molecule has 60 heavy (non-hydrogen) atoms. The van der Waals surface area contributed by atoms with Crippen molar-refractivity contribution in [1.29, 1.82) is 5.26 Å². The highest BCUT2D eigenvalue weighted by atomic mass is 15.1. The number of anilines is 6. The van der Waals surface area contributed by atoms with Crippen molar-refractivity contribution in [2.75, 3.05) is 9.80 Å². The average Bonchev–Trinajstić information content (AvgIpc) is 3.31. The molecule has 9 aromatic rings. The molecule has 0 aromatic heterocycles. The van der Waals surface area contributed by atoms with E-state index in [-0.39, 0.29) is 0 Å². The van der Waals surface area contributed by atoms with Crippen molar-refractivity contribution in [1.82, 2.24) is 0 Å². The van der Waals surface area contributed by atoms with E-state index in [4.69, 9.17) is 6.57 Å². The molecule has 282 valence electrons. The van der Waals surface area contributed by atoms with Crippen molar-refractivity contribution in [3.63, 3.8) is 0 Å². The molecule has 0 radical (unpaired) electrons. The fraction of sp³-hybridized carbons (Fsp3) is 0. The van der Waals surface area contributed by atoms with Crippen LogP contribution in [0.5, 0.6) is 0 Å². The zero-order valence-electron chi connectivity index (χ0n) is 32.7. The van der Waals surface area contributed by atoms with Crippen LogP contribution in [0.4, 0.5) is 39.8 Å². The third-order valence-electron chi connectivity index (χ3n) is 10.7. The molecule has 0 amide bonds. The Hall–Kier alpha value is -8.44. The van der Waals surface area contributed by atoms with Crippen molar-refractivity contribution in [2.45, 2.75) is 0 Å². The molecule has 0 aliphatic carbocycles. The molecular weight excluding hydrogens is 729 g/mol. The lowest BCUT2D eigenvalue weighted by atomic mass is 9.93. The maximum atomic E-state index is 10.5. The highest BCUT2D eigenvalue weighted by Crippen LogP contribution is 2.40. The lowest BCUT2D eigenvalue weighted by Crippen LogP contribution is -2.09. The van der Waals surface area contributed by atoms with Crippen LogP contribution >= 0.6 is 0 Å². The number of benzene rings is 9. The lowest BCUT2D eigenvalue weighted by Gasteiger charge is -2.25. The van der Waals surface area contributed by atoms with E-state index in [2.05, 4.69) is 191 Å². The average molecular weight is 767 g/mol. The van der Waals surface area contributed by atoms with E-state index >= 15 is 0 Å². The second-order valence-electron chi connectivity index (χ2n) is 14.4. The van der Waals surface area contributed by atoms with Crippen LogP contribution in [0.2, 0.25) is 0 Å². The minimum Gasteiger partial charge on any atom is -0.311 e. The van der Waals surface area contributed by atoms with Gasteiger partial charge >= 0.3 is 0 Å². The predicted molar refractivity (Wildman–Crippen MR) is 253 cm³/mol. The second kappa shape index (κ2) is 17.0. The molecule has 4 nitrogen and oxygen atoms in total. The SMILES string of the molecule is [C-]#[N+]c1c2ccc(/C=C\c3ccc(N(c4ccccc4)c4ccccc4)cc3)cc2c(C#N)c2ccc(/C=C\c3ccc(N(c4ccccc4)c4ccccc4)cc3)cc12. The number of nitriles is 1. The summed E-state index contributed by atoms with van der Waals surface area (Å²) in [6.45, 7) is 8.23. The summed E-state index contributed by atoms with van der Waals surface area (Å²) in [6.07, 6.45) is 8.29. The van der Waals surface area contributed by atoms with Gasteiger partial charge in [0.25, 0.3) is 0 Å². The molecule has 0 fully saturated rings. The summed E-state index contributed by atoms with van der Waals surface area (Å²) >= 11 is 0. The molecule has 9 rings (SSSR count). The number of fused-ring (bicyclic) bond motifs is 2. The van der Waals surface area contributed by atoms with Crippen LogP contribution in [0.25, 0.3) is 50.7 Å². The largest absolute Gasteiger partial charge is 0.311 e. The third-order valence-corrected chi connectivity index (χ3v) is 10.7. The van der Waals surface area contributed by atoms with E-state index in [0.717, 1.165) is 77.9 Å². The first-order valence-corrected chi connectivity index (χ1v) is 19.8. The molecule has 0 atom stereocenters. The van der Waals surface area contributed by atoms with E-state index < -0.39 is 0 Å². The van der Waals surface area contributed by atoms with Crippen LogP contribution in [0.3, 0.4) is 0 Å². The Balaban J connectivity index is 0.975. The second-order valence-corrected chi connectivity index (χ2v) is 14.4. The van der Waals surface area contributed by atoms with Gasteiger partial charge in [-0.25, -0.2) is 4.85 Å². The predicted octanol–water partition coefficient (Wildman–Crippen LogP) is 15.7. The van der Waals surface area contributed by atoms with Crippen LogP contribution in [-0.2, 0) is 0 Å². The minimum atomic E-state index is 0.549. The number of para-hydroxylation sites is 4. The van der Waals surface area contributed by atoms with Gasteiger partial charge in [0.05, 0.1) is 12.1 Å². The van der Waals surface area contributed by atoms with Gasteiger partial charge in [0.2, 0.25) is 5.69 Å². The maximum absolute atomic E-state index is 10.5. The zero-order chi connectivity index (χ0) is 40.7. The first kappa shape index (κ1) is 37.2. The molecule has 0 spiro atoms. The fourth-order valence-electron chi connectivity index (χ4n) is 7.75. The minimum absolute atomic E-state index is 0.549. The molecule has 9 aromatic carbocycles. The standard InChI is InChI=1S/C56H38N4/c1-58-56-52-37-31-43(24-22-41-26-32-49(33-27-41)59(45-14-6-2-7-15-45)46-16-8-3-9-17-46)38-53(52)55(40-57)51-36-30-44(39-54(51)56)25-23-42-28-34-50(35-29-42)60(47-18-10-4-11-19-47)48-20-12-5-13-21-48/h2-39H/b24-22-,25-23-. The Morgan fingerprint density at radius 3 is 1.08 bits per heavy atom. The topological polar surface area (TPSA) is 34.6 Å². The summed E-state index contributed by atoms with van der Waals surface area (Å²) in [4.78, 5) is 8.50. The van der Waals surface area contributed by atoms with Crippen LogP contribution in [0.15, 0.2) is 206 Å². The Morgan fingerprint density at radius 2 is 0.700 bits per heavy atom. The van der Waals surface area contributed by atoms with Crippen molar-refractivity contribution in [3.8, 4) is 6.07 Å². The van der Waals surface area contributed by atoms with Gasteiger partial charge in [0.1, 0.15) is 6.07 Å². The maximum Gasteiger partial charge on any atom is 0.202 e. The highest BCUT2D eigenvalue weighted by Gasteiger charge is 2.16. The molecule has 0 saturated carbocycles. The number of hydrogen-bond donors (Lipinski definition) is 0. The molecule has 0 aliphatic heterocycles. The molecule has 0 aliphatic rings. The van der Waals surface area contributed by atoms with Gasteiger partial charge in [-0.3, -0.25) is 0 Å². The van der Waals surface area contributed by atoms with E-state index in [0.29, 0.717) is 11.3 Å². The van der Waals surface area contributed by atoms with Crippen molar-refractivity contribution in [2.24, 2.45) is 0 Å². The molecule has 4 heteroatoms. The van der Waals surface area contributed by atoms with Gasteiger partial charge in [-0.05, 0) is 123 Å². The first-order chi connectivity index (χ1) is 29.7. The summed E-state index contributed by atoms with van der Waals surface area (Å²) in [6, 6.07) is 72.9. The number of hydrogen-bond acceptors (Lipinski definition) is 3. The summed E-state index contributed by atoms with van der Waals surface area (Å²) in [5, 5.41) is 13.6. The van der Waals surface area contributed by atoms with Gasteiger partial charge in [-0.2, -0.15) is 5.26 Å². The van der Waals surface area contributed by atoms with E-state index in [1.165, 1.54) is 0 Å². The zero-order valence-corrected chi connectivity index (χ0v) is 32.7. The van der Waals surface area contributed by atoms with E-state index in [9.17, 15) is 5.26 Å². The van der Waals surface area contributed by atoms with Crippen LogP contribution in [-0.4, -0.2) is 0 Å². The molecule has 0 heterocycles.